The highest BCUT2D eigenvalue weighted by Gasteiger charge is 2.17. The predicted octanol–water partition coefficient (Wildman–Crippen LogP) is 3.49. The van der Waals surface area contributed by atoms with Crippen molar-refractivity contribution in [1.29, 1.82) is 0 Å². The standard InChI is InChI=1S/C16H12O3/c1-19-16(18)15-13(17)9-8-11-7-6-10-4-2-3-5-12(10)14(11)15/h2-9,17H,1H3. The third-order valence-corrected chi connectivity index (χ3v) is 3.28. The number of fused-ring (bicyclic) bond motifs is 3. The summed E-state index contributed by atoms with van der Waals surface area (Å²) in [6.07, 6.45) is 0. The molecule has 0 heterocycles. The molecule has 3 heteroatoms. The molecule has 0 saturated heterocycles. The quantitative estimate of drug-likeness (QED) is 0.532. The minimum atomic E-state index is -0.528. The highest BCUT2D eigenvalue weighted by molar-refractivity contribution is 6.17. The van der Waals surface area contributed by atoms with Gasteiger partial charge in [0.05, 0.1) is 7.11 Å². The Morgan fingerprint density at radius 1 is 1.00 bits per heavy atom. The molecule has 0 aliphatic rings. The van der Waals surface area contributed by atoms with Crippen LogP contribution in [-0.2, 0) is 4.74 Å². The molecule has 0 bridgehead atoms. The van der Waals surface area contributed by atoms with E-state index >= 15 is 0 Å². The lowest BCUT2D eigenvalue weighted by Gasteiger charge is -2.10. The second kappa shape index (κ2) is 4.28. The first kappa shape index (κ1) is 11.5. The fraction of sp³-hybridized carbons (Fsp3) is 0.0625. The molecule has 3 nitrogen and oxygen atoms in total. The number of benzene rings is 3. The summed E-state index contributed by atoms with van der Waals surface area (Å²) in [5.74, 6) is -0.588. The molecule has 0 saturated carbocycles. The van der Waals surface area contributed by atoms with Gasteiger partial charge in [0.25, 0.3) is 0 Å². The molecule has 0 spiro atoms. The Labute approximate surface area is 110 Å². The van der Waals surface area contributed by atoms with Crippen molar-refractivity contribution in [3.05, 3.63) is 54.1 Å². The van der Waals surface area contributed by atoms with Gasteiger partial charge in [-0.15, -0.1) is 0 Å². The maximum absolute atomic E-state index is 11.9. The highest BCUT2D eigenvalue weighted by Crippen LogP contribution is 2.33. The van der Waals surface area contributed by atoms with Gasteiger partial charge in [0.1, 0.15) is 11.3 Å². The summed E-state index contributed by atoms with van der Waals surface area (Å²) < 4.78 is 4.78. The van der Waals surface area contributed by atoms with Gasteiger partial charge in [0.15, 0.2) is 0 Å². The molecule has 0 unspecified atom stereocenters. The van der Waals surface area contributed by atoms with E-state index in [1.54, 1.807) is 6.07 Å². The van der Waals surface area contributed by atoms with Crippen molar-refractivity contribution in [2.24, 2.45) is 0 Å². The zero-order valence-corrected chi connectivity index (χ0v) is 10.4. The number of carbonyl (C=O) groups is 1. The minimum Gasteiger partial charge on any atom is -0.507 e. The van der Waals surface area contributed by atoms with E-state index in [9.17, 15) is 9.90 Å². The molecule has 19 heavy (non-hydrogen) atoms. The molecular formula is C16H12O3. The van der Waals surface area contributed by atoms with E-state index in [1.165, 1.54) is 13.2 Å². The lowest BCUT2D eigenvalue weighted by Crippen LogP contribution is -2.03. The minimum absolute atomic E-state index is 0.0595. The summed E-state index contributed by atoms with van der Waals surface area (Å²) in [5.41, 5.74) is 0.219. The monoisotopic (exact) mass is 252 g/mol. The molecule has 0 amide bonds. The normalized spacial score (nSPS) is 10.8. The molecule has 0 aliphatic heterocycles. The Kier molecular flexibility index (Phi) is 2.60. The second-order valence-electron chi connectivity index (χ2n) is 4.34. The average Bonchev–Trinajstić information content (AvgIpc) is 2.46. The Balaban J connectivity index is 2.55. The topological polar surface area (TPSA) is 46.5 Å². The van der Waals surface area contributed by atoms with E-state index in [0.717, 1.165) is 21.5 Å². The number of hydrogen-bond donors (Lipinski definition) is 1. The maximum atomic E-state index is 11.9. The Morgan fingerprint density at radius 2 is 1.68 bits per heavy atom. The van der Waals surface area contributed by atoms with E-state index in [2.05, 4.69) is 0 Å². The van der Waals surface area contributed by atoms with Crippen LogP contribution in [0.25, 0.3) is 21.5 Å². The van der Waals surface area contributed by atoms with Crippen molar-refractivity contribution in [3.63, 3.8) is 0 Å². The van der Waals surface area contributed by atoms with Crippen molar-refractivity contribution >= 4 is 27.5 Å². The molecule has 0 atom stereocenters. The summed E-state index contributed by atoms with van der Waals surface area (Å²) >= 11 is 0. The van der Waals surface area contributed by atoms with Gasteiger partial charge >= 0.3 is 5.97 Å². The van der Waals surface area contributed by atoms with Crippen molar-refractivity contribution in [3.8, 4) is 5.75 Å². The smallest absolute Gasteiger partial charge is 0.342 e. The number of hydrogen-bond acceptors (Lipinski definition) is 3. The molecule has 0 radical (unpaired) electrons. The molecular weight excluding hydrogens is 240 g/mol. The van der Waals surface area contributed by atoms with Crippen molar-refractivity contribution in [2.45, 2.75) is 0 Å². The van der Waals surface area contributed by atoms with Gasteiger partial charge in [0, 0.05) is 5.39 Å². The van der Waals surface area contributed by atoms with Crippen molar-refractivity contribution < 1.29 is 14.6 Å². The largest absolute Gasteiger partial charge is 0.507 e. The molecule has 3 aromatic rings. The van der Waals surface area contributed by atoms with Crippen LogP contribution < -0.4 is 0 Å². The number of ether oxygens (including phenoxy) is 1. The Hall–Kier alpha value is -2.55. The van der Waals surface area contributed by atoms with Crippen LogP contribution in [0.3, 0.4) is 0 Å². The van der Waals surface area contributed by atoms with Gasteiger partial charge in [-0.1, -0.05) is 42.5 Å². The summed E-state index contributed by atoms with van der Waals surface area (Å²) in [6.45, 7) is 0. The maximum Gasteiger partial charge on any atom is 0.342 e. The van der Waals surface area contributed by atoms with Crippen LogP contribution in [0.4, 0.5) is 0 Å². The molecule has 94 valence electrons. The first-order valence-electron chi connectivity index (χ1n) is 5.94. The molecule has 3 aromatic carbocycles. The summed E-state index contributed by atoms with van der Waals surface area (Å²) in [5, 5.41) is 13.5. The van der Waals surface area contributed by atoms with Gasteiger partial charge in [-0.25, -0.2) is 4.79 Å². The van der Waals surface area contributed by atoms with E-state index in [1.807, 2.05) is 36.4 Å². The SMILES string of the molecule is COC(=O)c1c(O)ccc2ccc3ccccc3c12. The Bertz CT molecular complexity index is 790. The molecule has 0 aliphatic carbocycles. The Morgan fingerprint density at radius 3 is 2.47 bits per heavy atom. The number of methoxy groups -OCH3 is 1. The fourth-order valence-corrected chi connectivity index (χ4v) is 2.40. The summed E-state index contributed by atoms with van der Waals surface area (Å²) in [4.78, 5) is 11.9. The van der Waals surface area contributed by atoms with Crippen LogP contribution in [-0.4, -0.2) is 18.2 Å². The van der Waals surface area contributed by atoms with Crippen LogP contribution in [0, 0.1) is 0 Å². The number of esters is 1. The highest BCUT2D eigenvalue weighted by atomic mass is 16.5. The fourth-order valence-electron chi connectivity index (χ4n) is 2.40. The van der Waals surface area contributed by atoms with E-state index in [4.69, 9.17) is 4.74 Å². The third-order valence-electron chi connectivity index (χ3n) is 3.28. The molecule has 3 rings (SSSR count). The van der Waals surface area contributed by atoms with E-state index < -0.39 is 5.97 Å². The second-order valence-corrected chi connectivity index (χ2v) is 4.34. The summed E-state index contributed by atoms with van der Waals surface area (Å²) in [7, 11) is 1.31. The van der Waals surface area contributed by atoms with Crippen LogP contribution in [0.2, 0.25) is 0 Å². The number of phenolic OH excluding ortho intramolecular Hbond substituents is 1. The van der Waals surface area contributed by atoms with Crippen LogP contribution in [0.5, 0.6) is 5.75 Å². The lowest BCUT2D eigenvalue weighted by atomic mass is 9.97. The summed E-state index contributed by atoms with van der Waals surface area (Å²) in [6, 6.07) is 15.0. The zero-order valence-electron chi connectivity index (χ0n) is 10.4. The number of rotatable bonds is 1. The number of carbonyl (C=O) groups excluding carboxylic acids is 1. The van der Waals surface area contributed by atoms with Gasteiger partial charge in [-0.2, -0.15) is 0 Å². The van der Waals surface area contributed by atoms with Gasteiger partial charge in [-0.3, -0.25) is 0 Å². The lowest BCUT2D eigenvalue weighted by molar-refractivity contribution is 0.0600. The van der Waals surface area contributed by atoms with Gasteiger partial charge < -0.3 is 9.84 Å². The first-order chi connectivity index (χ1) is 9.22. The van der Waals surface area contributed by atoms with Crippen LogP contribution in [0.15, 0.2) is 48.5 Å². The molecule has 0 aromatic heterocycles. The number of aromatic hydroxyl groups is 1. The van der Waals surface area contributed by atoms with Gasteiger partial charge in [0.2, 0.25) is 0 Å². The predicted molar refractivity (Wildman–Crippen MR) is 74.5 cm³/mol. The van der Waals surface area contributed by atoms with Gasteiger partial charge in [-0.05, 0) is 22.2 Å². The zero-order chi connectivity index (χ0) is 13.4. The van der Waals surface area contributed by atoms with Crippen molar-refractivity contribution in [1.82, 2.24) is 0 Å². The molecule has 0 fully saturated rings. The van der Waals surface area contributed by atoms with Crippen molar-refractivity contribution in [2.75, 3.05) is 7.11 Å². The number of phenols is 1. The van der Waals surface area contributed by atoms with Crippen LogP contribution >= 0.6 is 0 Å². The first-order valence-corrected chi connectivity index (χ1v) is 5.94. The third kappa shape index (κ3) is 1.71. The van der Waals surface area contributed by atoms with E-state index in [0.29, 0.717) is 0 Å². The van der Waals surface area contributed by atoms with E-state index in [-0.39, 0.29) is 11.3 Å². The van der Waals surface area contributed by atoms with Crippen LogP contribution in [0.1, 0.15) is 10.4 Å². The molecule has 1 N–H and O–H groups in total. The average molecular weight is 252 g/mol.